The van der Waals surface area contributed by atoms with Crippen molar-refractivity contribution in [1.29, 1.82) is 0 Å². The molecule has 0 aromatic carbocycles. The molecular weight excluding hydrogens is 240 g/mol. The lowest BCUT2D eigenvalue weighted by Crippen LogP contribution is -2.33. The molecule has 1 saturated heterocycles. The van der Waals surface area contributed by atoms with Gasteiger partial charge < -0.3 is 10.1 Å². The van der Waals surface area contributed by atoms with Crippen molar-refractivity contribution in [3.05, 3.63) is 29.7 Å². The van der Waals surface area contributed by atoms with E-state index >= 15 is 0 Å². The first-order chi connectivity index (χ1) is 9.22. The van der Waals surface area contributed by atoms with E-state index in [1.165, 1.54) is 0 Å². The lowest BCUT2D eigenvalue weighted by atomic mass is 10.0. The molecule has 0 aliphatic carbocycles. The van der Waals surface area contributed by atoms with Crippen LogP contribution in [0.15, 0.2) is 18.5 Å². The normalized spacial score (nSPS) is 21.1. The van der Waals surface area contributed by atoms with Gasteiger partial charge in [0, 0.05) is 43.2 Å². The van der Waals surface area contributed by atoms with Crippen LogP contribution in [0.2, 0.25) is 0 Å². The lowest BCUT2D eigenvalue weighted by molar-refractivity contribution is 0.178. The molecule has 0 radical (unpaired) electrons. The Labute approximate surface area is 113 Å². The molecule has 0 saturated carbocycles. The van der Waals surface area contributed by atoms with Crippen molar-refractivity contribution in [2.45, 2.75) is 32.9 Å². The average Bonchev–Trinajstić information content (AvgIpc) is 3.03. The minimum Gasteiger partial charge on any atom is -0.381 e. The number of nitrogens with zero attached hydrogens (tertiary/aromatic N) is 3. The number of aryl methyl sites for hydroxylation is 1. The number of hydrogen-bond donors (Lipinski definition) is 1. The third kappa shape index (κ3) is 2.77. The molecule has 19 heavy (non-hydrogen) atoms. The van der Waals surface area contributed by atoms with E-state index in [0.717, 1.165) is 43.1 Å². The standard InChI is InChI=1S/C14H20N4O/c1-10-5-14-16-7-12(8-18(14)17-10)6-15-11(2)13-3-4-19-9-13/h5,7-8,11,13,15H,3-4,6,9H2,1-2H3. The summed E-state index contributed by atoms with van der Waals surface area (Å²) in [6, 6.07) is 2.45. The SMILES string of the molecule is Cc1cc2ncc(CNC(C)C3CCOC3)cn2n1. The van der Waals surface area contributed by atoms with E-state index in [1.54, 1.807) is 0 Å². The van der Waals surface area contributed by atoms with Crippen LogP contribution in [0.1, 0.15) is 24.6 Å². The van der Waals surface area contributed by atoms with Crippen LogP contribution in [0, 0.1) is 12.8 Å². The molecule has 0 amide bonds. The van der Waals surface area contributed by atoms with Crippen LogP contribution in [0.4, 0.5) is 0 Å². The molecule has 2 aromatic heterocycles. The van der Waals surface area contributed by atoms with Gasteiger partial charge >= 0.3 is 0 Å². The van der Waals surface area contributed by atoms with Crippen molar-refractivity contribution in [2.75, 3.05) is 13.2 Å². The van der Waals surface area contributed by atoms with Crippen molar-refractivity contribution >= 4 is 5.65 Å². The zero-order valence-electron chi connectivity index (χ0n) is 11.5. The molecule has 0 bridgehead atoms. The van der Waals surface area contributed by atoms with Crippen LogP contribution in [-0.4, -0.2) is 33.9 Å². The number of nitrogens with one attached hydrogen (secondary N) is 1. The average molecular weight is 260 g/mol. The fraction of sp³-hybridized carbons (Fsp3) is 0.571. The summed E-state index contributed by atoms with van der Waals surface area (Å²) in [6.07, 6.45) is 5.12. The molecule has 1 aliphatic heterocycles. The number of hydrogen-bond acceptors (Lipinski definition) is 4. The number of fused-ring (bicyclic) bond motifs is 1. The number of ether oxygens (including phenoxy) is 1. The second-order valence-electron chi connectivity index (χ2n) is 5.34. The highest BCUT2D eigenvalue weighted by Crippen LogP contribution is 2.16. The van der Waals surface area contributed by atoms with Gasteiger partial charge in [-0.2, -0.15) is 5.10 Å². The van der Waals surface area contributed by atoms with Crippen molar-refractivity contribution in [3.63, 3.8) is 0 Å². The van der Waals surface area contributed by atoms with Gasteiger partial charge in [0.15, 0.2) is 5.65 Å². The molecule has 3 heterocycles. The molecule has 2 atom stereocenters. The van der Waals surface area contributed by atoms with Gasteiger partial charge in [-0.15, -0.1) is 0 Å². The minimum atomic E-state index is 0.470. The smallest absolute Gasteiger partial charge is 0.155 e. The first kappa shape index (κ1) is 12.6. The number of rotatable bonds is 4. The zero-order valence-corrected chi connectivity index (χ0v) is 11.5. The van der Waals surface area contributed by atoms with E-state index in [1.807, 2.05) is 29.9 Å². The zero-order chi connectivity index (χ0) is 13.2. The lowest BCUT2D eigenvalue weighted by Gasteiger charge is -2.19. The van der Waals surface area contributed by atoms with Crippen LogP contribution in [0.5, 0.6) is 0 Å². The maximum absolute atomic E-state index is 5.42. The molecule has 0 spiro atoms. The van der Waals surface area contributed by atoms with Crippen molar-refractivity contribution in [1.82, 2.24) is 19.9 Å². The highest BCUT2D eigenvalue weighted by molar-refractivity contribution is 5.38. The Morgan fingerprint density at radius 1 is 1.58 bits per heavy atom. The molecular formula is C14H20N4O. The second-order valence-corrected chi connectivity index (χ2v) is 5.34. The summed E-state index contributed by atoms with van der Waals surface area (Å²) in [4.78, 5) is 4.41. The first-order valence-corrected chi connectivity index (χ1v) is 6.84. The Morgan fingerprint density at radius 3 is 3.26 bits per heavy atom. The predicted molar refractivity (Wildman–Crippen MR) is 73.0 cm³/mol. The van der Waals surface area contributed by atoms with Gasteiger partial charge in [-0.05, 0) is 26.2 Å². The van der Waals surface area contributed by atoms with Crippen LogP contribution in [-0.2, 0) is 11.3 Å². The van der Waals surface area contributed by atoms with Gasteiger partial charge in [0.2, 0.25) is 0 Å². The molecule has 1 fully saturated rings. The fourth-order valence-electron chi connectivity index (χ4n) is 2.52. The van der Waals surface area contributed by atoms with E-state index in [9.17, 15) is 0 Å². The van der Waals surface area contributed by atoms with E-state index in [0.29, 0.717) is 12.0 Å². The monoisotopic (exact) mass is 260 g/mol. The maximum Gasteiger partial charge on any atom is 0.155 e. The molecule has 5 nitrogen and oxygen atoms in total. The largest absolute Gasteiger partial charge is 0.381 e. The van der Waals surface area contributed by atoms with Crippen LogP contribution in [0.25, 0.3) is 5.65 Å². The first-order valence-electron chi connectivity index (χ1n) is 6.84. The minimum absolute atomic E-state index is 0.470. The van der Waals surface area contributed by atoms with Crippen LogP contribution >= 0.6 is 0 Å². The maximum atomic E-state index is 5.42. The summed E-state index contributed by atoms with van der Waals surface area (Å²) in [6.45, 7) is 6.80. The van der Waals surface area contributed by atoms with Crippen molar-refractivity contribution in [3.8, 4) is 0 Å². The van der Waals surface area contributed by atoms with E-state index in [-0.39, 0.29) is 0 Å². The van der Waals surface area contributed by atoms with E-state index < -0.39 is 0 Å². The summed E-state index contributed by atoms with van der Waals surface area (Å²) in [5, 5.41) is 7.94. The third-order valence-corrected chi connectivity index (χ3v) is 3.79. The van der Waals surface area contributed by atoms with Gasteiger partial charge in [0.1, 0.15) is 0 Å². The predicted octanol–water partition coefficient (Wildman–Crippen LogP) is 1.55. The van der Waals surface area contributed by atoms with E-state index in [2.05, 4.69) is 22.3 Å². The summed E-state index contributed by atoms with van der Waals surface area (Å²) < 4.78 is 7.27. The van der Waals surface area contributed by atoms with E-state index in [4.69, 9.17) is 4.74 Å². The third-order valence-electron chi connectivity index (χ3n) is 3.79. The molecule has 3 rings (SSSR count). The number of aromatic nitrogens is 3. The van der Waals surface area contributed by atoms with Crippen molar-refractivity contribution < 1.29 is 4.74 Å². The van der Waals surface area contributed by atoms with Gasteiger partial charge in [0.25, 0.3) is 0 Å². The quantitative estimate of drug-likeness (QED) is 0.906. The van der Waals surface area contributed by atoms with Gasteiger partial charge in [0.05, 0.1) is 12.3 Å². The highest BCUT2D eigenvalue weighted by Gasteiger charge is 2.21. The summed E-state index contributed by atoms with van der Waals surface area (Å²) in [5.41, 5.74) is 3.05. The Hall–Kier alpha value is -1.46. The van der Waals surface area contributed by atoms with Gasteiger partial charge in [-0.3, -0.25) is 0 Å². The van der Waals surface area contributed by atoms with Crippen LogP contribution in [0.3, 0.4) is 0 Å². The highest BCUT2D eigenvalue weighted by atomic mass is 16.5. The Kier molecular flexibility index (Phi) is 3.48. The van der Waals surface area contributed by atoms with Crippen molar-refractivity contribution in [2.24, 2.45) is 5.92 Å². The van der Waals surface area contributed by atoms with Gasteiger partial charge in [-0.25, -0.2) is 9.50 Å². The molecule has 1 N–H and O–H groups in total. The molecule has 1 aliphatic rings. The molecule has 102 valence electrons. The van der Waals surface area contributed by atoms with Gasteiger partial charge in [-0.1, -0.05) is 0 Å². The second kappa shape index (κ2) is 5.27. The Balaban J connectivity index is 1.64. The van der Waals surface area contributed by atoms with Crippen LogP contribution < -0.4 is 5.32 Å². The topological polar surface area (TPSA) is 51.5 Å². The molecule has 2 unspecified atom stereocenters. The summed E-state index contributed by atoms with van der Waals surface area (Å²) in [5.74, 6) is 0.628. The Bertz CT molecular complexity index is 560. The Morgan fingerprint density at radius 2 is 2.47 bits per heavy atom. The molecule has 5 heteroatoms. The molecule has 2 aromatic rings. The summed E-state index contributed by atoms with van der Waals surface area (Å²) >= 11 is 0. The fourth-order valence-corrected chi connectivity index (χ4v) is 2.52. The summed E-state index contributed by atoms with van der Waals surface area (Å²) in [7, 11) is 0.